The number of hydrogen-bond donors (Lipinski definition) is 0. The molecule has 3 aromatic carbocycles. The van der Waals surface area contributed by atoms with E-state index in [1.54, 1.807) is 12.1 Å². The summed E-state index contributed by atoms with van der Waals surface area (Å²) in [6.07, 6.45) is 0. The Bertz CT molecular complexity index is 887. The average Bonchev–Trinajstić information content (AvgIpc) is 2.68. The van der Waals surface area contributed by atoms with E-state index in [-0.39, 0.29) is 5.97 Å². The van der Waals surface area contributed by atoms with E-state index in [2.05, 4.69) is 6.07 Å². The maximum absolute atomic E-state index is 11.5. The van der Waals surface area contributed by atoms with E-state index in [0.29, 0.717) is 11.1 Å². The van der Waals surface area contributed by atoms with E-state index in [1.807, 2.05) is 60.7 Å². The van der Waals surface area contributed by atoms with E-state index in [0.717, 1.165) is 22.3 Å². The molecule has 0 aliphatic heterocycles. The third-order valence-electron chi connectivity index (χ3n) is 3.87. The predicted octanol–water partition coefficient (Wildman–Crippen LogP) is 4.68. The highest BCUT2D eigenvalue weighted by atomic mass is 16.5. The lowest BCUT2D eigenvalue weighted by Gasteiger charge is -2.06. The van der Waals surface area contributed by atoms with Crippen LogP contribution >= 0.6 is 0 Å². The molecule has 3 aromatic rings. The Morgan fingerprint density at radius 2 is 1.12 bits per heavy atom. The molecule has 0 aliphatic carbocycles. The Hall–Kier alpha value is -3.38. The number of nitrogens with zero attached hydrogens (tertiary/aromatic N) is 1. The van der Waals surface area contributed by atoms with Crippen LogP contribution in [0.25, 0.3) is 22.3 Å². The van der Waals surface area contributed by atoms with Gasteiger partial charge in [0.25, 0.3) is 0 Å². The summed E-state index contributed by atoms with van der Waals surface area (Å²) >= 11 is 0. The lowest BCUT2D eigenvalue weighted by molar-refractivity contribution is 0.0601. The summed E-state index contributed by atoms with van der Waals surface area (Å²) in [5.41, 5.74) is 5.46. The van der Waals surface area contributed by atoms with Crippen molar-refractivity contribution >= 4 is 5.97 Å². The Labute approximate surface area is 140 Å². The maximum atomic E-state index is 11.5. The normalized spacial score (nSPS) is 10.0. The highest BCUT2D eigenvalue weighted by Gasteiger charge is 2.05. The van der Waals surface area contributed by atoms with Crippen molar-refractivity contribution in [2.75, 3.05) is 7.11 Å². The molecule has 0 aliphatic rings. The fourth-order valence-corrected chi connectivity index (χ4v) is 2.51. The molecule has 0 atom stereocenters. The number of benzene rings is 3. The van der Waals surface area contributed by atoms with Gasteiger partial charge in [0, 0.05) is 0 Å². The molecular formula is C21H15NO2. The molecule has 3 rings (SSSR count). The number of rotatable bonds is 3. The van der Waals surface area contributed by atoms with Crippen molar-refractivity contribution in [1.29, 1.82) is 5.26 Å². The zero-order valence-corrected chi connectivity index (χ0v) is 13.2. The summed E-state index contributed by atoms with van der Waals surface area (Å²) < 4.78 is 4.70. The summed E-state index contributed by atoms with van der Waals surface area (Å²) in [5, 5.41) is 8.85. The molecule has 0 heterocycles. The van der Waals surface area contributed by atoms with Gasteiger partial charge in [0.1, 0.15) is 0 Å². The monoisotopic (exact) mass is 313 g/mol. The molecule has 3 nitrogen and oxygen atoms in total. The van der Waals surface area contributed by atoms with Crippen LogP contribution in [-0.4, -0.2) is 13.1 Å². The first-order chi connectivity index (χ1) is 11.7. The third-order valence-corrected chi connectivity index (χ3v) is 3.87. The summed E-state index contributed by atoms with van der Waals surface area (Å²) in [4.78, 5) is 11.5. The Balaban J connectivity index is 1.83. The van der Waals surface area contributed by atoms with E-state index < -0.39 is 0 Å². The predicted molar refractivity (Wildman–Crippen MR) is 93.4 cm³/mol. The van der Waals surface area contributed by atoms with Crippen molar-refractivity contribution in [1.82, 2.24) is 0 Å². The van der Waals surface area contributed by atoms with Gasteiger partial charge in [0.15, 0.2) is 0 Å². The van der Waals surface area contributed by atoms with Crippen LogP contribution in [0.5, 0.6) is 0 Å². The largest absolute Gasteiger partial charge is 0.465 e. The van der Waals surface area contributed by atoms with Gasteiger partial charge < -0.3 is 4.74 Å². The van der Waals surface area contributed by atoms with E-state index in [4.69, 9.17) is 10.00 Å². The van der Waals surface area contributed by atoms with Crippen molar-refractivity contribution in [3.05, 3.63) is 83.9 Å². The standard InChI is InChI=1S/C21H15NO2/c1-24-21(23)20-12-10-19(11-13-20)18-8-6-17(7-9-18)16-4-2-15(14-22)3-5-16/h2-13H,1H3. The number of carbonyl (C=O) groups excluding carboxylic acids is 1. The van der Waals surface area contributed by atoms with Crippen LogP contribution in [0.3, 0.4) is 0 Å². The quantitative estimate of drug-likeness (QED) is 0.660. The van der Waals surface area contributed by atoms with Gasteiger partial charge in [-0.3, -0.25) is 0 Å². The van der Waals surface area contributed by atoms with Gasteiger partial charge in [-0.1, -0.05) is 48.5 Å². The van der Waals surface area contributed by atoms with Gasteiger partial charge in [-0.2, -0.15) is 5.26 Å². The molecule has 0 radical (unpaired) electrons. The number of nitriles is 1. The molecule has 0 bridgehead atoms. The van der Waals surface area contributed by atoms with Crippen molar-refractivity contribution < 1.29 is 9.53 Å². The fraction of sp³-hybridized carbons (Fsp3) is 0.0476. The minimum absolute atomic E-state index is 0.335. The van der Waals surface area contributed by atoms with Crippen LogP contribution in [-0.2, 0) is 4.74 Å². The molecule has 0 unspecified atom stereocenters. The molecule has 0 N–H and O–H groups in total. The van der Waals surface area contributed by atoms with Crippen LogP contribution in [0.4, 0.5) is 0 Å². The lowest BCUT2D eigenvalue weighted by atomic mass is 9.99. The van der Waals surface area contributed by atoms with Crippen LogP contribution < -0.4 is 0 Å². The van der Waals surface area contributed by atoms with Crippen molar-refractivity contribution in [2.45, 2.75) is 0 Å². The molecule has 3 heteroatoms. The van der Waals surface area contributed by atoms with Crippen LogP contribution in [0.15, 0.2) is 72.8 Å². The van der Waals surface area contributed by atoms with Gasteiger partial charge in [-0.05, 0) is 46.5 Å². The highest BCUT2D eigenvalue weighted by Crippen LogP contribution is 2.25. The second kappa shape index (κ2) is 6.80. The summed E-state index contributed by atoms with van der Waals surface area (Å²) in [6.45, 7) is 0. The SMILES string of the molecule is COC(=O)c1ccc(-c2ccc(-c3ccc(C#N)cc3)cc2)cc1. The minimum Gasteiger partial charge on any atom is -0.465 e. The average molecular weight is 313 g/mol. The lowest BCUT2D eigenvalue weighted by Crippen LogP contribution is -2.00. The molecule has 0 aromatic heterocycles. The Morgan fingerprint density at radius 3 is 1.50 bits per heavy atom. The van der Waals surface area contributed by atoms with Crippen molar-refractivity contribution in [3.8, 4) is 28.3 Å². The zero-order chi connectivity index (χ0) is 16.9. The first-order valence-corrected chi connectivity index (χ1v) is 7.50. The fourth-order valence-electron chi connectivity index (χ4n) is 2.51. The molecular weight excluding hydrogens is 298 g/mol. The summed E-state index contributed by atoms with van der Waals surface area (Å²) in [6, 6.07) is 25.1. The second-order valence-electron chi connectivity index (χ2n) is 5.34. The summed E-state index contributed by atoms with van der Waals surface area (Å²) in [7, 11) is 1.37. The third kappa shape index (κ3) is 3.18. The first kappa shape index (κ1) is 15.5. The smallest absolute Gasteiger partial charge is 0.337 e. The molecule has 0 amide bonds. The van der Waals surface area contributed by atoms with Gasteiger partial charge in [-0.25, -0.2) is 4.79 Å². The molecule has 0 spiro atoms. The zero-order valence-electron chi connectivity index (χ0n) is 13.2. The number of methoxy groups -OCH3 is 1. The van der Waals surface area contributed by atoms with Gasteiger partial charge >= 0.3 is 5.97 Å². The molecule has 0 fully saturated rings. The molecule has 0 saturated heterocycles. The number of esters is 1. The first-order valence-electron chi connectivity index (χ1n) is 7.50. The van der Waals surface area contributed by atoms with Crippen LogP contribution in [0.2, 0.25) is 0 Å². The molecule has 24 heavy (non-hydrogen) atoms. The summed E-state index contributed by atoms with van der Waals surface area (Å²) in [5.74, 6) is -0.335. The van der Waals surface area contributed by atoms with Crippen LogP contribution in [0, 0.1) is 11.3 Å². The second-order valence-corrected chi connectivity index (χ2v) is 5.34. The number of ether oxygens (including phenoxy) is 1. The van der Waals surface area contributed by atoms with E-state index >= 15 is 0 Å². The molecule has 0 saturated carbocycles. The minimum atomic E-state index is -0.335. The Morgan fingerprint density at radius 1 is 0.750 bits per heavy atom. The van der Waals surface area contributed by atoms with Gasteiger partial charge in [-0.15, -0.1) is 0 Å². The van der Waals surface area contributed by atoms with Gasteiger partial charge in [0.2, 0.25) is 0 Å². The van der Waals surface area contributed by atoms with E-state index in [1.165, 1.54) is 7.11 Å². The Kier molecular flexibility index (Phi) is 4.40. The molecule has 116 valence electrons. The number of hydrogen-bond acceptors (Lipinski definition) is 3. The van der Waals surface area contributed by atoms with E-state index in [9.17, 15) is 4.79 Å². The van der Waals surface area contributed by atoms with Crippen LogP contribution in [0.1, 0.15) is 15.9 Å². The van der Waals surface area contributed by atoms with Crippen molar-refractivity contribution in [3.63, 3.8) is 0 Å². The van der Waals surface area contributed by atoms with Crippen molar-refractivity contribution in [2.24, 2.45) is 0 Å². The van der Waals surface area contributed by atoms with Gasteiger partial charge in [0.05, 0.1) is 24.3 Å². The maximum Gasteiger partial charge on any atom is 0.337 e. The topological polar surface area (TPSA) is 50.1 Å². The highest BCUT2D eigenvalue weighted by molar-refractivity contribution is 5.90. The number of carbonyl (C=O) groups is 1.